The minimum absolute atomic E-state index is 0.220. The van der Waals surface area contributed by atoms with Crippen LogP contribution in [-0.4, -0.2) is 15.9 Å². The molecule has 0 spiro atoms. The van der Waals surface area contributed by atoms with Crippen LogP contribution in [0.2, 0.25) is 0 Å². The van der Waals surface area contributed by atoms with Crippen molar-refractivity contribution in [3.63, 3.8) is 0 Å². The van der Waals surface area contributed by atoms with Gasteiger partial charge in [0.25, 0.3) is 0 Å². The summed E-state index contributed by atoms with van der Waals surface area (Å²) in [5, 5.41) is 0. The average Bonchev–Trinajstić information content (AvgIpc) is 2.03. The highest BCUT2D eigenvalue weighted by Crippen LogP contribution is 2.22. The number of esters is 1. The van der Waals surface area contributed by atoms with E-state index in [-0.39, 0.29) is 11.9 Å². The van der Waals surface area contributed by atoms with Gasteiger partial charge in [0, 0.05) is 6.92 Å². The summed E-state index contributed by atoms with van der Waals surface area (Å²) >= 11 is 0. The number of hydrogen-bond donors (Lipinski definition) is 0. The average molecular weight is 180 g/mol. The fourth-order valence-electron chi connectivity index (χ4n) is 0.993. The predicted molar refractivity (Wildman–Crippen MR) is 47.4 cm³/mol. The fourth-order valence-corrected chi connectivity index (χ4v) is 0.993. The number of rotatable bonds is 2. The van der Waals surface area contributed by atoms with Crippen LogP contribution in [0, 0.1) is 0 Å². The van der Waals surface area contributed by atoms with Crippen LogP contribution in [0.3, 0.4) is 0 Å². The van der Waals surface area contributed by atoms with Crippen molar-refractivity contribution < 1.29 is 9.53 Å². The van der Waals surface area contributed by atoms with Crippen molar-refractivity contribution in [2.75, 3.05) is 0 Å². The van der Waals surface area contributed by atoms with Gasteiger partial charge in [0.2, 0.25) is 0 Å². The number of ether oxygens (including phenoxy) is 1. The molecule has 0 saturated carbocycles. The smallest absolute Gasteiger partial charge is 0.308 e. The molecule has 0 aliphatic carbocycles. The van der Waals surface area contributed by atoms with Gasteiger partial charge in [-0.3, -0.25) is 4.79 Å². The molecule has 0 bridgehead atoms. The lowest BCUT2D eigenvalue weighted by Crippen LogP contribution is -2.06. The summed E-state index contributed by atoms with van der Waals surface area (Å²) in [6, 6.07) is 0. The van der Waals surface area contributed by atoms with E-state index in [1.807, 2.05) is 13.8 Å². The zero-order valence-corrected chi connectivity index (χ0v) is 7.94. The van der Waals surface area contributed by atoms with E-state index in [0.717, 1.165) is 5.69 Å². The monoisotopic (exact) mass is 180 g/mol. The number of carbonyl (C=O) groups excluding carboxylic acids is 1. The van der Waals surface area contributed by atoms with Gasteiger partial charge in [0.05, 0.1) is 11.9 Å². The second-order valence-electron chi connectivity index (χ2n) is 3.02. The van der Waals surface area contributed by atoms with Crippen LogP contribution in [0.25, 0.3) is 0 Å². The van der Waals surface area contributed by atoms with E-state index in [2.05, 4.69) is 9.97 Å². The molecule has 0 aliphatic rings. The molecule has 1 rings (SSSR count). The van der Waals surface area contributed by atoms with Crippen molar-refractivity contribution >= 4 is 5.97 Å². The molecule has 0 aliphatic heterocycles. The second-order valence-corrected chi connectivity index (χ2v) is 3.02. The molecule has 1 aromatic heterocycles. The molecule has 70 valence electrons. The zero-order valence-electron chi connectivity index (χ0n) is 7.94. The highest BCUT2D eigenvalue weighted by Gasteiger charge is 2.10. The van der Waals surface area contributed by atoms with Crippen LogP contribution in [0.15, 0.2) is 12.5 Å². The van der Waals surface area contributed by atoms with Gasteiger partial charge in [0.15, 0.2) is 5.75 Å². The Morgan fingerprint density at radius 3 is 2.77 bits per heavy atom. The lowest BCUT2D eigenvalue weighted by molar-refractivity contribution is -0.132. The summed E-state index contributed by atoms with van der Waals surface area (Å²) in [4.78, 5) is 18.5. The van der Waals surface area contributed by atoms with E-state index >= 15 is 0 Å². The van der Waals surface area contributed by atoms with E-state index in [4.69, 9.17) is 4.74 Å². The molecular formula is C9H12N2O2. The first-order valence-electron chi connectivity index (χ1n) is 4.09. The summed E-state index contributed by atoms with van der Waals surface area (Å²) in [7, 11) is 0. The van der Waals surface area contributed by atoms with Gasteiger partial charge < -0.3 is 4.74 Å². The third-order valence-corrected chi connectivity index (χ3v) is 1.51. The molecule has 4 nitrogen and oxygen atoms in total. The van der Waals surface area contributed by atoms with Crippen molar-refractivity contribution in [1.82, 2.24) is 9.97 Å². The van der Waals surface area contributed by atoms with Crippen LogP contribution < -0.4 is 4.74 Å². The summed E-state index contributed by atoms with van der Waals surface area (Å²) in [6.45, 7) is 5.32. The summed E-state index contributed by atoms with van der Waals surface area (Å²) < 4.78 is 4.94. The van der Waals surface area contributed by atoms with Crippen LogP contribution in [0.5, 0.6) is 5.75 Å². The Morgan fingerprint density at radius 1 is 1.54 bits per heavy atom. The normalized spacial score (nSPS) is 10.2. The topological polar surface area (TPSA) is 52.1 Å². The molecule has 0 amide bonds. The molecule has 0 saturated heterocycles. The first-order valence-corrected chi connectivity index (χ1v) is 4.09. The molecule has 0 aromatic carbocycles. The first-order chi connectivity index (χ1) is 6.11. The molecule has 1 aromatic rings. The summed E-state index contributed by atoms with van der Waals surface area (Å²) in [5.41, 5.74) is 0.755. The standard InChI is InChI=1S/C9H12N2O2/c1-6(2)9-8(13-7(3)12)4-10-5-11-9/h4-6H,1-3H3. The molecular weight excluding hydrogens is 168 g/mol. The van der Waals surface area contributed by atoms with Gasteiger partial charge in [0.1, 0.15) is 6.33 Å². The van der Waals surface area contributed by atoms with Crippen molar-refractivity contribution in [3.05, 3.63) is 18.2 Å². The number of hydrogen-bond acceptors (Lipinski definition) is 4. The third kappa shape index (κ3) is 2.50. The molecule has 0 unspecified atom stereocenters. The van der Waals surface area contributed by atoms with E-state index < -0.39 is 0 Å². The van der Waals surface area contributed by atoms with Crippen molar-refractivity contribution in [2.24, 2.45) is 0 Å². The van der Waals surface area contributed by atoms with Crippen LogP contribution in [0.1, 0.15) is 32.4 Å². The van der Waals surface area contributed by atoms with Crippen molar-refractivity contribution in [3.8, 4) is 5.75 Å². The highest BCUT2D eigenvalue weighted by molar-refractivity contribution is 5.69. The van der Waals surface area contributed by atoms with E-state index in [9.17, 15) is 4.79 Å². The number of aromatic nitrogens is 2. The van der Waals surface area contributed by atoms with E-state index in [0.29, 0.717) is 5.75 Å². The maximum absolute atomic E-state index is 10.7. The van der Waals surface area contributed by atoms with E-state index in [1.54, 1.807) is 0 Å². The quantitative estimate of drug-likeness (QED) is 0.647. The minimum Gasteiger partial charge on any atom is -0.423 e. The van der Waals surface area contributed by atoms with Crippen LogP contribution in [-0.2, 0) is 4.79 Å². The van der Waals surface area contributed by atoms with E-state index in [1.165, 1.54) is 19.4 Å². The van der Waals surface area contributed by atoms with Crippen molar-refractivity contribution in [2.45, 2.75) is 26.7 Å². The molecule has 13 heavy (non-hydrogen) atoms. The van der Waals surface area contributed by atoms with Gasteiger partial charge in [-0.05, 0) is 5.92 Å². The van der Waals surface area contributed by atoms with Crippen LogP contribution >= 0.6 is 0 Å². The Labute approximate surface area is 77.0 Å². The molecule has 0 fully saturated rings. The molecule has 4 heteroatoms. The van der Waals surface area contributed by atoms with Gasteiger partial charge in [-0.25, -0.2) is 9.97 Å². The van der Waals surface area contributed by atoms with Gasteiger partial charge in [-0.2, -0.15) is 0 Å². The van der Waals surface area contributed by atoms with Crippen molar-refractivity contribution in [1.29, 1.82) is 0 Å². The third-order valence-electron chi connectivity index (χ3n) is 1.51. The first kappa shape index (κ1) is 9.64. The largest absolute Gasteiger partial charge is 0.423 e. The lowest BCUT2D eigenvalue weighted by atomic mass is 10.1. The predicted octanol–water partition coefficient (Wildman–Crippen LogP) is 1.53. The Hall–Kier alpha value is -1.45. The molecule has 0 atom stereocenters. The number of nitrogens with zero attached hydrogens (tertiary/aromatic N) is 2. The number of carbonyl (C=O) groups is 1. The SMILES string of the molecule is CC(=O)Oc1cncnc1C(C)C. The summed E-state index contributed by atoms with van der Waals surface area (Å²) in [5.74, 6) is 0.319. The Morgan fingerprint density at radius 2 is 2.23 bits per heavy atom. The van der Waals surface area contributed by atoms with Gasteiger partial charge in [-0.15, -0.1) is 0 Å². The Balaban J connectivity index is 2.97. The fraction of sp³-hybridized carbons (Fsp3) is 0.444. The lowest BCUT2D eigenvalue weighted by Gasteiger charge is -2.08. The maximum Gasteiger partial charge on any atom is 0.308 e. The Bertz CT molecular complexity index is 310. The van der Waals surface area contributed by atoms with Gasteiger partial charge in [-0.1, -0.05) is 13.8 Å². The minimum atomic E-state index is -0.350. The van der Waals surface area contributed by atoms with Gasteiger partial charge >= 0.3 is 5.97 Å². The molecule has 0 radical (unpaired) electrons. The molecule has 1 heterocycles. The highest BCUT2D eigenvalue weighted by atomic mass is 16.5. The molecule has 0 N–H and O–H groups in total. The summed E-state index contributed by atoms with van der Waals surface area (Å²) in [6.07, 6.45) is 2.95. The maximum atomic E-state index is 10.7. The zero-order chi connectivity index (χ0) is 9.84. The van der Waals surface area contributed by atoms with Crippen LogP contribution in [0.4, 0.5) is 0 Å². The Kier molecular flexibility index (Phi) is 2.95. The second kappa shape index (κ2) is 3.98.